The van der Waals surface area contributed by atoms with Crippen molar-refractivity contribution in [2.45, 2.75) is 59.4 Å². The van der Waals surface area contributed by atoms with Crippen LogP contribution in [0.15, 0.2) is 47.3 Å². The number of fused-ring (bicyclic) bond motifs is 5. The van der Waals surface area contributed by atoms with Crippen LogP contribution in [0.3, 0.4) is 0 Å². The molecule has 1 aliphatic heterocycles. The first kappa shape index (κ1) is 31.0. The van der Waals surface area contributed by atoms with Gasteiger partial charge in [0.2, 0.25) is 5.43 Å². The zero-order chi connectivity index (χ0) is 31.9. The molecule has 2 heterocycles. The zero-order valence-electron chi connectivity index (χ0n) is 26.7. The van der Waals surface area contributed by atoms with Gasteiger partial charge in [-0.15, -0.1) is 0 Å². The molecule has 1 aromatic heterocycles. The minimum absolute atomic E-state index is 0.228. The lowest BCUT2D eigenvalue weighted by atomic mass is 9.86. The number of carbonyl (C=O) groups is 2. The molecule has 2 atom stereocenters. The largest absolute Gasteiger partial charge is 0.496 e. The summed E-state index contributed by atoms with van der Waals surface area (Å²) in [5.41, 5.74) is 0.256. The van der Waals surface area contributed by atoms with Crippen molar-refractivity contribution in [3.63, 3.8) is 0 Å². The molecule has 0 spiro atoms. The molecule has 0 fully saturated rings. The molecule has 3 aromatic carbocycles. The van der Waals surface area contributed by atoms with E-state index in [0.29, 0.717) is 65.0 Å². The van der Waals surface area contributed by atoms with Crippen molar-refractivity contribution in [3.8, 4) is 11.5 Å². The number of aryl methyl sites for hydroxylation is 1. The van der Waals surface area contributed by atoms with Gasteiger partial charge in [0.25, 0.3) is 0 Å². The van der Waals surface area contributed by atoms with Gasteiger partial charge in [-0.05, 0) is 64.4 Å². The SMILES string of the molecule is CCN(CC)C(=O)O[C@@H]1c2c(cc(OC)c3c(=O)c4cc5ccccc5cc4n(C)c23)OC(C)(C)[C@@H]1OC(=O)N(CC)CC. The van der Waals surface area contributed by atoms with Crippen molar-refractivity contribution in [1.29, 1.82) is 0 Å². The summed E-state index contributed by atoms with van der Waals surface area (Å²) in [5, 5.41) is 2.75. The van der Waals surface area contributed by atoms with Gasteiger partial charge in [0.1, 0.15) is 17.1 Å². The van der Waals surface area contributed by atoms with E-state index in [1.807, 2.05) is 75.7 Å². The van der Waals surface area contributed by atoms with Crippen molar-refractivity contribution in [2.75, 3.05) is 33.3 Å². The average molecular weight is 604 g/mol. The second kappa shape index (κ2) is 11.9. The second-order valence-electron chi connectivity index (χ2n) is 11.5. The Hall–Kier alpha value is -4.47. The van der Waals surface area contributed by atoms with Gasteiger partial charge >= 0.3 is 12.2 Å². The molecule has 0 saturated carbocycles. The second-order valence-corrected chi connectivity index (χ2v) is 11.5. The Morgan fingerprint density at radius 1 is 0.909 bits per heavy atom. The smallest absolute Gasteiger partial charge is 0.410 e. The van der Waals surface area contributed by atoms with Gasteiger partial charge in [-0.25, -0.2) is 9.59 Å². The van der Waals surface area contributed by atoms with E-state index in [-0.39, 0.29) is 5.43 Å². The molecule has 0 N–H and O–H groups in total. The third kappa shape index (κ3) is 5.06. The molecule has 0 bridgehead atoms. The van der Waals surface area contributed by atoms with Crippen LogP contribution in [0.4, 0.5) is 9.59 Å². The normalized spacial score (nSPS) is 17.2. The van der Waals surface area contributed by atoms with Crippen LogP contribution < -0.4 is 14.9 Å². The number of amides is 2. The number of rotatable bonds is 7. The minimum atomic E-state index is -1.12. The molecule has 10 nitrogen and oxygen atoms in total. The van der Waals surface area contributed by atoms with Crippen LogP contribution in [0.2, 0.25) is 0 Å². The Morgan fingerprint density at radius 3 is 2.05 bits per heavy atom. The fraction of sp³-hybridized carbons (Fsp3) is 0.441. The van der Waals surface area contributed by atoms with E-state index in [2.05, 4.69) is 0 Å². The quantitative estimate of drug-likeness (QED) is 0.226. The zero-order valence-corrected chi connectivity index (χ0v) is 26.7. The third-order valence-electron chi connectivity index (χ3n) is 8.63. The molecule has 10 heteroatoms. The number of ether oxygens (including phenoxy) is 4. The fourth-order valence-electron chi connectivity index (χ4n) is 6.18. The van der Waals surface area contributed by atoms with Crippen molar-refractivity contribution < 1.29 is 28.5 Å². The van der Waals surface area contributed by atoms with Crippen LogP contribution in [0.5, 0.6) is 11.5 Å². The number of methoxy groups -OCH3 is 1. The molecule has 2 amide bonds. The summed E-state index contributed by atoms with van der Waals surface area (Å²) in [6, 6.07) is 13.4. The summed E-state index contributed by atoms with van der Waals surface area (Å²) in [5.74, 6) is 0.708. The monoisotopic (exact) mass is 603 g/mol. The van der Waals surface area contributed by atoms with E-state index in [0.717, 1.165) is 10.8 Å². The standard InChI is InChI=1S/C34H41N3O7/c1-9-36(10-2)32(39)42-30-27-25(44-34(5,6)31(30)43-33(40)37(11-3)12-4)19-24(41-8)26-28(27)35(7)23-18-21-16-14-13-15-20(21)17-22(23)29(26)38/h13-19,30-31H,9-12H2,1-8H3/t30-,31-/m1/s1. The van der Waals surface area contributed by atoms with Gasteiger partial charge in [0, 0.05) is 44.7 Å². The number of pyridine rings is 1. The Balaban J connectivity index is 1.86. The maximum atomic E-state index is 14.3. The van der Waals surface area contributed by atoms with Crippen LogP contribution in [0, 0.1) is 0 Å². The average Bonchev–Trinajstić information content (AvgIpc) is 3.00. The summed E-state index contributed by atoms with van der Waals surface area (Å²) >= 11 is 0. The van der Waals surface area contributed by atoms with Gasteiger partial charge < -0.3 is 33.3 Å². The van der Waals surface area contributed by atoms with Gasteiger partial charge in [0.05, 0.1) is 29.1 Å². The highest BCUT2D eigenvalue weighted by Crippen LogP contribution is 2.49. The number of benzene rings is 3. The number of hydrogen-bond acceptors (Lipinski definition) is 7. The van der Waals surface area contributed by atoms with Crippen molar-refractivity contribution >= 4 is 44.8 Å². The predicted molar refractivity (Wildman–Crippen MR) is 171 cm³/mol. The third-order valence-corrected chi connectivity index (χ3v) is 8.63. The fourth-order valence-corrected chi connectivity index (χ4v) is 6.18. The molecule has 0 aliphatic carbocycles. The molecule has 4 aromatic rings. The molecule has 44 heavy (non-hydrogen) atoms. The molecule has 234 valence electrons. The Kier molecular flexibility index (Phi) is 8.38. The lowest BCUT2D eigenvalue weighted by molar-refractivity contribution is -0.124. The summed E-state index contributed by atoms with van der Waals surface area (Å²) in [6.07, 6.45) is -3.25. The Morgan fingerprint density at radius 2 is 1.48 bits per heavy atom. The maximum Gasteiger partial charge on any atom is 0.410 e. The summed E-state index contributed by atoms with van der Waals surface area (Å²) in [6.45, 7) is 12.8. The lowest BCUT2D eigenvalue weighted by Crippen LogP contribution is -2.54. The highest BCUT2D eigenvalue weighted by Gasteiger charge is 2.51. The van der Waals surface area contributed by atoms with Crippen LogP contribution in [0.1, 0.15) is 53.2 Å². The highest BCUT2D eigenvalue weighted by atomic mass is 16.6. The van der Waals surface area contributed by atoms with Crippen LogP contribution in [-0.2, 0) is 16.5 Å². The van der Waals surface area contributed by atoms with E-state index >= 15 is 0 Å². The minimum Gasteiger partial charge on any atom is -0.496 e. The molecule has 5 rings (SSSR count). The van der Waals surface area contributed by atoms with Gasteiger partial charge in [-0.3, -0.25) is 4.79 Å². The Labute approximate surface area is 257 Å². The first-order valence-electron chi connectivity index (χ1n) is 15.2. The maximum absolute atomic E-state index is 14.3. The number of nitrogens with zero attached hydrogens (tertiary/aromatic N) is 3. The molecular formula is C34H41N3O7. The molecule has 0 unspecified atom stereocenters. The van der Waals surface area contributed by atoms with Gasteiger partial charge in [0.15, 0.2) is 12.2 Å². The van der Waals surface area contributed by atoms with Crippen molar-refractivity contribution in [1.82, 2.24) is 14.4 Å². The molecule has 1 aliphatic rings. The summed E-state index contributed by atoms with van der Waals surface area (Å²) in [4.78, 5) is 44.3. The lowest BCUT2D eigenvalue weighted by Gasteiger charge is -2.44. The topological polar surface area (TPSA) is 99.5 Å². The van der Waals surface area contributed by atoms with E-state index in [4.69, 9.17) is 18.9 Å². The first-order chi connectivity index (χ1) is 21.0. The first-order valence-corrected chi connectivity index (χ1v) is 15.2. The van der Waals surface area contributed by atoms with E-state index in [9.17, 15) is 14.4 Å². The van der Waals surface area contributed by atoms with Gasteiger partial charge in [-0.1, -0.05) is 24.3 Å². The number of aromatic nitrogens is 1. The van der Waals surface area contributed by atoms with E-state index < -0.39 is 30.0 Å². The highest BCUT2D eigenvalue weighted by molar-refractivity contribution is 6.04. The van der Waals surface area contributed by atoms with Crippen molar-refractivity contribution in [3.05, 3.63) is 58.3 Å². The number of hydrogen-bond donors (Lipinski definition) is 0. The molecule has 0 radical (unpaired) electrons. The van der Waals surface area contributed by atoms with E-state index in [1.165, 1.54) is 7.11 Å². The Bertz CT molecular complexity index is 1800. The van der Waals surface area contributed by atoms with Crippen LogP contribution in [-0.4, -0.2) is 71.5 Å². The molecular weight excluding hydrogens is 562 g/mol. The van der Waals surface area contributed by atoms with E-state index in [1.54, 1.807) is 29.7 Å². The number of carbonyl (C=O) groups excluding carboxylic acids is 2. The van der Waals surface area contributed by atoms with Gasteiger partial charge in [-0.2, -0.15) is 0 Å². The van der Waals surface area contributed by atoms with Crippen LogP contribution in [0.25, 0.3) is 32.6 Å². The van der Waals surface area contributed by atoms with Crippen LogP contribution >= 0.6 is 0 Å². The summed E-state index contributed by atoms with van der Waals surface area (Å²) < 4.78 is 26.6. The predicted octanol–water partition coefficient (Wildman–Crippen LogP) is 6.39. The summed E-state index contributed by atoms with van der Waals surface area (Å²) in [7, 11) is 3.37. The van der Waals surface area contributed by atoms with Crippen molar-refractivity contribution in [2.24, 2.45) is 7.05 Å². The molecule has 0 saturated heterocycles.